The van der Waals surface area contributed by atoms with Gasteiger partial charge in [0.2, 0.25) is 0 Å². The Morgan fingerprint density at radius 1 is 1.13 bits per heavy atom. The van der Waals surface area contributed by atoms with Gasteiger partial charge in [0.1, 0.15) is 19.6 Å². The fourth-order valence-corrected chi connectivity index (χ4v) is 3.91. The molecule has 0 saturated heterocycles. The first-order valence-corrected chi connectivity index (χ1v) is 13.6. The van der Waals surface area contributed by atoms with E-state index in [0.29, 0.717) is 31.4 Å². The van der Waals surface area contributed by atoms with E-state index < -0.39 is 42.7 Å². The van der Waals surface area contributed by atoms with E-state index in [0.717, 1.165) is 19.5 Å². The molecule has 10 heteroatoms. The molecule has 4 nitrogen and oxygen atoms in total. The highest BCUT2D eigenvalue weighted by Gasteiger charge is 2.35. The molecule has 0 fully saturated rings. The molecule has 0 N–H and O–H groups in total. The van der Waals surface area contributed by atoms with Crippen molar-refractivity contribution >= 4 is 19.8 Å². The molecule has 0 aliphatic carbocycles. The summed E-state index contributed by atoms with van der Waals surface area (Å²) in [5.41, 5.74) is -0.751. The molecule has 0 bridgehead atoms. The molecule has 0 aliphatic rings. The molecular formula is C20H22F4N2O2SSi. The normalized spacial score (nSPS) is 11.9. The Morgan fingerprint density at radius 3 is 2.30 bits per heavy atom. The first-order valence-electron chi connectivity index (χ1n) is 9.16. The monoisotopic (exact) mass is 458 g/mol. The summed E-state index contributed by atoms with van der Waals surface area (Å²) in [6, 6.07) is 2.72. The van der Waals surface area contributed by atoms with Gasteiger partial charge in [-0.25, -0.2) is 13.8 Å². The summed E-state index contributed by atoms with van der Waals surface area (Å²) in [6.45, 7) is 8.07. The number of thioether (sulfide) groups is 1. The zero-order valence-corrected chi connectivity index (χ0v) is 19.1. The SMILES string of the molecule is CCCSc1cc(-n2c(=O)cc(C(F)(F)F)n(C)c2=O)c(F)cc1C#C[Si](C)(C)C. The van der Waals surface area contributed by atoms with Crippen molar-refractivity contribution in [3.8, 4) is 17.2 Å². The molecule has 0 radical (unpaired) electrons. The van der Waals surface area contributed by atoms with E-state index in [1.807, 2.05) is 26.6 Å². The third kappa shape index (κ3) is 5.46. The Hall–Kier alpha value is -2.25. The topological polar surface area (TPSA) is 44.0 Å². The Morgan fingerprint density at radius 2 is 1.77 bits per heavy atom. The second kappa shape index (κ2) is 8.86. The van der Waals surface area contributed by atoms with Crippen molar-refractivity contribution in [2.75, 3.05) is 5.75 Å². The lowest BCUT2D eigenvalue weighted by atomic mass is 10.2. The smallest absolute Gasteiger partial charge is 0.292 e. The van der Waals surface area contributed by atoms with Gasteiger partial charge in [0.05, 0.1) is 5.69 Å². The van der Waals surface area contributed by atoms with Crippen LogP contribution in [0.3, 0.4) is 0 Å². The molecule has 1 aromatic carbocycles. The van der Waals surface area contributed by atoms with Crippen LogP contribution in [0.2, 0.25) is 19.6 Å². The van der Waals surface area contributed by atoms with Gasteiger partial charge >= 0.3 is 11.9 Å². The van der Waals surface area contributed by atoms with Crippen molar-refractivity contribution in [3.05, 3.63) is 56.1 Å². The molecule has 30 heavy (non-hydrogen) atoms. The maximum Gasteiger partial charge on any atom is 0.431 e. The van der Waals surface area contributed by atoms with E-state index >= 15 is 0 Å². The highest BCUT2D eigenvalue weighted by molar-refractivity contribution is 7.99. The van der Waals surface area contributed by atoms with Crippen LogP contribution in [0.1, 0.15) is 24.6 Å². The summed E-state index contributed by atoms with van der Waals surface area (Å²) in [4.78, 5) is 25.4. The number of halogens is 4. The molecule has 0 atom stereocenters. The van der Waals surface area contributed by atoms with Gasteiger partial charge in [0.15, 0.2) is 0 Å². The maximum atomic E-state index is 14.9. The van der Waals surface area contributed by atoms with Gasteiger partial charge in [-0.3, -0.25) is 9.36 Å². The summed E-state index contributed by atoms with van der Waals surface area (Å²) in [5, 5.41) is 0. The largest absolute Gasteiger partial charge is 0.431 e. The lowest BCUT2D eigenvalue weighted by Gasteiger charge is -2.15. The van der Waals surface area contributed by atoms with E-state index in [9.17, 15) is 27.2 Å². The van der Waals surface area contributed by atoms with E-state index in [-0.39, 0.29) is 0 Å². The summed E-state index contributed by atoms with van der Waals surface area (Å²) < 4.78 is 54.8. The third-order valence-electron chi connectivity index (χ3n) is 3.93. The molecule has 1 aromatic heterocycles. The van der Waals surface area contributed by atoms with E-state index in [4.69, 9.17) is 0 Å². The first-order chi connectivity index (χ1) is 13.8. The minimum atomic E-state index is -4.89. The standard InChI is InChI=1S/C20H22F4N2O2SSi/c1-6-8-29-16-11-15(14(21)10-13(16)7-9-30(3,4)5)26-18(27)12-17(20(22,23)24)25(2)19(26)28/h10-12H,6,8H2,1-5H3. The number of benzene rings is 1. The second-order valence-electron chi connectivity index (χ2n) is 7.69. The van der Waals surface area contributed by atoms with Crippen LogP contribution in [0.15, 0.2) is 32.7 Å². The van der Waals surface area contributed by atoms with Crippen LogP contribution >= 0.6 is 11.8 Å². The average molecular weight is 459 g/mol. The fourth-order valence-electron chi connectivity index (χ4n) is 2.52. The van der Waals surface area contributed by atoms with E-state index in [2.05, 4.69) is 11.5 Å². The molecule has 1 heterocycles. The number of hydrogen-bond donors (Lipinski definition) is 0. The number of hydrogen-bond acceptors (Lipinski definition) is 3. The van der Waals surface area contributed by atoms with Gasteiger partial charge in [0, 0.05) is 23.6 Å². The van der Waals surface area contributed by atoms with Crippen molar-refractivity contribution in [2.24, 2.45) is 7.05 Å². The lowest BCUT2D eigenvalue weighted by molar-refractivity contribution is -0.144. The van der Waals surface area contributed by atoms with Crippen LogP contribution in [0.5, 0.6) is 0 Å². The Balaban J connectivity index is 2.77. The predicted molar refractivity (Wildman–Crippen MR) is 113 cm³/mol. The van der Waals surface area contributed by atoms with Crippen molar-refractivity contribution in [2.45, 2.75) is 44.1 Å². The maximum absolute atomic E-state index is 14.9. The van der Waals surface area contributed by atoms with Crippen LogP contribution < -0.4 is 11.2 Å². The first kappa shape index (κ1) is 24.0. The molecule has 162 valence electrons. The molecule has 2 aromatic rings. The van der Waals surface area contributed by atoms with Crippen LogP contribution in [0, 0.1) is 17.3 Å². The Kier molecular flexibility index (Phi) is 7.09. The molecule has 0 saturated carbocycles. The average Bonchev–Trinajstić information content (AvgIpc) is 2.61. The van der Waals surface area contributed by atoms with Gasteiger partial charge in [-0.1, -0.05) is 32.5 Å². The molecule has 2 rings (SSSR count). The van der Waals surface area contributed by atoms with Gasteiger partial charge < -0.3 is 0 Å². The highest BCUT2D eigenvalue weighted by Crippen LogP contribution is 2.29. The molecule has 0 unspecified atom stereocenters. The summed E-state index contributed by atoms with van der Waals surface area (Å²) in [7, 11) is -0.858. The van der Waals surface area contributed by atoms with E-state index in [1.54, 1.807) is 0 Å². The Bertz CT molecular complexity index is 1140. The van der Waals surface area contributed by atoms with Gasteiger partial charge in [-0.2, -0.15) is 13.2 Å². The van der Waals surface area contributed by atoms with Gasteiger partial charge in [0.25, 0.3) is 5.56 Å². The van der Waals surface area contributed by atoms with Crippen molar-refractivity contribution in [1.29, 1.82) is 0 Å². The molecular weight excluding hydrogens is 436 g/mol. The van der Waals surface area contributed by atoms with Crippen LogP contribution in [-0.2, 0) is 13.2 Å². The Labute approximate surface area is 176 Å². The molecule has 0 aliphatic heterocycles. The second-order valence-corrected chi connectivity index (χ2v) is 13.6. The van der Waals surface area contributed by atoms with Gasteiger partial charge in [-0.15, -0.1) is 17.3 Å². The van der Waals surface area contributed by atoms with E-state index in [1.165, 1.54) is 17.8 Å². The van der Waals surface area contributed by atoms with Crippen molar-refractivity contribution in [3.63, 3.8) is 0 Å². The number of rotatable bonds is 4. The minimum Gasteiger partial charge on any atom is -0.292 e. The molecule has 0 amide bonds. The van der Waals surface area contributed by atoms with Crippen molar-refractivity contribution < 1.29 is 17.6 Å². The zero-order chi connectivity index (χ0) is 22.9. The predicted octanol–water partition coefficient (Wildman–Crippen LogP) is 4.43. The number of aromatic nitrogens is 2. The van der Waals surface area contributed by atoms with Crippen LogP contribution in [-0.4, -0.2) is 23.0 Å². The summed E-state index contributed by atoms with van der Waals surface area (Å²) >= 11 is 1.38. The lowest BCUT2D eigenvalue weighted by Crippen LogP contribution is -2.41. The van der Waals surface area contributed by atoms with Crippen LogP contribution in [0.4, 0.5) is 17.6 Å². The minimum absolute atomic E-state index is 0.290. The number of alkyl halides is 3. The number of nitrogens with zero attached hydrogens (tertiary/aromatic N) is 2. The fraction of sp³-hybridized carbons (Fsp3) is 0.400. The quantitative estimate of drug-likeness (QED) is 0.295. The van der Waals surface area contributed by atoms with Gasteiger partial charge in [-0.05, 0) is 24.3 Å². The summed E-state index contributed by atoms with van der Waals surface area (Å²) in [6.07, 6.45) is -4.07. The molecule has 0 spiro atoms. The summed E-state index contributed by atoms with van der Waals surface area (Å²) in [5.74, 6) is 2.76. The highest BCUT2D eigenvalue weighted by atomic mass is 32.2. The zero-order valence-electron chi connectivity index (χ0n) is 17.3. The third-order valence-corrected chi connectivity index (χ3v) is 6.07. The van der Waals surface area contributed by atoms with Crippen LogP contribution in [0.25, 0.3) is 5.69 Å². The van der Waals surface area contributed by atoms with Crippen molar-refractivity contribution in [1.82, 2.24) is 9.13 Å².